The van der Waals surface area contributed by atoms with Crippen LogP contribution in [0, 0.1) is 5.82 Å². The molecule has 1 aromatic heterocycles. The zero-order chi connectivity index (χ0) is 19.6. The third kappa shape index (κ3) is 3.06. The highest BCUT2D eigenvalue weighted by molar-refractivity contribution is 6.07. The maximum Gasteiger partial charge on any atom is 0.338 e. The maximum atomic E-state index is 14.0. The van der Waals surface area contributed by atoms with E-state index >= 15 is 0 Å². The van der Waals surface area contributed by atoms with Gasteiger partial charge in [0.2, 0.25) is 5.54 Å². The number of ether oxygens (including phenoxy) is 2. The highest BCUT2D eigenvalue weighted by atomic mass is 19.1. The Morgan fingerprint density at radius 2 is 1.74 bits per heavy atom. The summed E-state index contributed by atoms with van der Waals surface area (Å²) in [5.74, 6) is -3.51. The van der Waals surface area contributed by atoms with Crippen molar-refractivity contribution in [2.45, 2.75) is 11.5 Å². The molecule has 140 valence electrons. The molecule has 27 heavy (non-hydrogen) atoms. The molecular formula is C20H19FN2O4. The summed E-state index contributed by atoms with van der Waals surface area (Å²) in [6.07, 6.45) is 1.65. The summed E-state index contributed by atoms with van der Waals surface area (Å²) < 4.78 is 23.6. The van der Waals surface area contributed by atoms with Gasteiger partial charge in [0.1, 0.15) is 5.82 Å². The zero-order valence-corrected chi connectivity index (χ0v) is 14.9. The molecule has 0 spiro atoms. The SMILES string of the molecule is COC(=O)C(N)(C(=O)OC)[C@@H](c1cccc(F)c1)c1c[nH]c2ccccc12. The normalized spacial score (nSPS) is 12.6. The summed E-state index contributed by atoms with van der Waals surface area (Å²) >= 11 is 0. The predicted molar refractivity (Wildman–Crippen MR) is 97.5 cm³/mol. The standard InChI is InChI=1S/C20H19FN2O4/c1-26-18(24)20(22,19(25)27-2)17(12-6-5-7-13(21)10-12)15-11-23-16-9-4-3-8-14(15)16/h3-11,17,23H,22H2,1-2H3/t17-/m0/s1. The van der Waals surface area contributed by atoms with Crippen molar-refractivity contribution in [1.82, 2.24) is 4.98 Å². The van der Waals surface area contributed by atoms with Gasteiger partial charge in [0, 0.05) is 17.1 Å². The second-order valence-corrected chi connectivity index (χ2v) is 6.13. The van der Waals surface area contributed by atoms with Crippen LogP contribution in [0.2, 0.25) is 0 Å². The Labute approximate surface area is 155 Å². The molecule has 0 aliphatic rings. The number of rotatable bonds is 5. The summed E-state index contributed by atoms with van der Waals surface area (Å²) in [5.41, 5.74) is 5.80. The number of carbonyl (C=O) groups excluding carboxylic acids is 2. The van der Waals surface area contributed by atoms with Crippen LogP contribution in [0.1, 0.15) is 17.0 Å². The number of fused-ring (bicyclic) bond motifs is 1. The van der Waals surface area contributed by atoms with Crippen LogP contribution in [0.15, 0.2) is 54.7 Å². The smallest absolute Gasteiger partial charge is 0.338 e. The molecule has 3 N–H and O–H groups in total. The van der Waals surface area contributed by atoms with E-state index in [2.05, 4.69) is 4.98 Å². The van der Waals surface area contributed by atoms with E-state index in [0.29, 0.717) is 11.1 Å². The fraction of sp³-hybridized carbons (Fsp3) is 0.200. The number of hydrogen-bond acceptors (Lipinski definition) is 5. The fourth-order valence-corrected chi connectivity index (χ4v) is 3.36. The predicted octanol–water partition coefficient (Wildman–Crippen LogP) is 2.48. The Hall–Kier alpha value is -3.19. The van der Waals surface area contributed by atoms with Crippen LogP contribution in [0.4, 0.5) is 4.39 Å². The number of para-hydroxylation sites is 1. The highest BCUT2D eigenvalue weighted by Gasteiger charge is 2.53. The van der Waals surface area contributed by atoms with Gasteiger partial charge < -0.3 is 20.2 Å². The van der Waals surface area contributed by atoms with Crippen molar-refractivity contribution in [1.29, 1.82) is 0 Å². The molecule has 0 saturated carbocycles. The molecule has 0 fully saturated rings. The maximum absolute atomic E-state index is 14.0. The molecule has 7 heteroatoms. The van der Waals surface area contributed by atoms with Gasteiger partial charge in [-0.1, -0.05) is 30.3 Å². The number of esters is 2. The fourth-order valence-electron chi connectivity index (χ4n) is 3.36. The topological polar surface area (TPSA) is 94.4 Å². The second-order valence-electron chi connectivity index (χ2n) is 6.13. The minimum atomic E-state index is -2.21. The van der Waals surface area contributed by atoms with Crippen LogP contribution >= 0.6 is 0 Å². The van der Waals surface area contributed by atoms with Gasteiger partial charge in [-0.15, -0.1) is 0 Å². The molecule has 0 aliphatic heterocycles. The number of hydrogen-bond donors (Lipinski definition) is 2. The first-order valence-corrected chi connectivity index (χ1v) is 8.20. The van der Waals surface area contributed by atoms with Crippen molar-refractivity contribution < 1.29 is 23.5 Å². The number of aromatic nitrogens is 1. The summed E-state index contributed by atoms with van der Waals surface area (Å²) in [6.45, 7) is 0. The van der Waals surface area contributed by atoms with Crippen molar-refractivity contribution in [3.05, 3.63) is 71.7 Å². The van der Waals surface area contributed by atoms with Crippen LogP contribution in [0.5, 0.6) is 0 Å². The van der Waals surface area contributed by atoms with E-state index in [0.717, 1.165) is 25.1 Å². The van der Waals surface area contributed by atoms with Crippen LogP contribution in [0.3, 0.4) is 0 Å². The summed E-state index contributed by atoms with van der Waals surface area (Å²) in [7, 11) is 2.26. The number of methoxy groups -OCH3 is 2. The van der Waals surface area contributed by atoms with Crippen molar-refractivity contribution in [2.75, 3.05) is 14.2 Å². The number of aromatic amines is 1. The molecule has 0 unspecified atom stereocenters. The number of benzene rings is 2. The molecular weight excluding hydrogens is 351 g/mol. The lowest BCUT2D eigenvalue weighted by atomic mass is 9.75. The third-order valence-electron chi connectivity index (χ3n) is 4.62. The van der Waals surface area contributed by atoms with E-state index in [-0.39, 0.29) is 0 Å². The van der Waals surface area contributed by atoms with Gasteiger partial charge >= 0.3 is 11.9 Å². The summed E-state index contributed by atoms with van der Waals surface area (Å²) in [4.78, 5) is 28.3. The summed E-state index contributed by atoms with van der Waals surface area (Å²) in [6, 6.07) is 12.9. The molecule has 6 nitrogen and oxygen atoms in total. The number of carbonyl (C=O) groups is 2. The van der Waals surface area contributed by atoms with Crippen molar-refractivity contribution >= 4 is 22.8 Å². The minimum Gasteiger partial charge on any atom is -0.467 e. The van der Waals surface area contributed by atoms with Gasteiger partial charge in [-0.05, 0) is 29.3 Å². The van der Waals surface area contributed by atoms with Crippen LogP contribution in [0.25, 0.3) is 10.9 Å². The molecule has 0 saturated heterocycles. The molecule has 1 heterocycles. The Morgan fingerprint density at radius 1 is 1.07 bits per heavy atom. The Balaban J connectivity index is 2.33. The van der Waals surface area contributed by atoms with Crippen LogP contribution < -0.4 is 5.73 Å². The van der Waals surface area contributed by atoms with Gasteiger partial charge in [0.15, 0.2) is 0 Å². The quantitative estimate of drug-likeness (QED) is 0.532. The van der Waals surface area contributed by atoms with Crippen LogP contribution in [-0.4, -0.2) is 36.7 Å². The Bertz CT molecular complexity index is 982. The highest BCUT2D eigenvalue weighted by Crippen LogP contribution is 2.39. The zero-order valence-electron chi connectivity index (χ0n) is 14.9. The second kappa shape index (κ2) is 7.20. The molecule has 3 aromatic rings. The minimum absolute atomic E-state index is 0.345. The lowest BCUT2D eigenvalue weighted by molar-refractivity contribution is -0.162. The van der Waals surface area contributed by atoms with Crippen molar-refractivity contribution in [2.24, 2.45) is 5.73 Å². The van der Waals surface area contributed by atoms with Gasteiger partial charge in [-0.2, -0.15) is 0 Å². The Morgan fingerprint density at radius 3 is 2.37 bits per heavy atom. The largest absolute Gasteiger partial charge is 0.467 e. The lowest BCUT2D eigenvalue weighted by Crippen LogP contribution is -2.60. The van der Waals surface area contributed by atoms with E-state index in [9.17, 15) is 14.0 Å². The van der Waals surface area contributed by atoms with E-state index in [4.69, 9.17) is 15.2 Å². The first kappa shape index (κ1) is 18.6. The molecule has 0 aliphatic carbocycles. The molecule has 2 aromatic carbocycles. The lowest BCUT2D eigenvalue weighted by Gasteiger charge is -2.32. The van der Waals surface area contributed by atoms with E-state index in [1.165, 1.54) is 18.2 Å². The number of H-pyrrole nitrogens is 1. The Kier molecular flexibility index (Phi) is 4.96. The third-order valence-corrected chi connectivity index (χ3v) is 4.62. The van der Waals surface area contributed by atoms with Gasteiger partial charge in [0.05, 0.1) is 20.1 Å². The summed E-state index contributed by atoms with van der Waals surface area (Å²) in [5, 5.41) is 0.745. The monoisotopic (exact) mass is 370 g/mol. The van der Waals surface area contributed by atoms with E-state index in [1.807, 2.05) is 24.3 Å². The van der Waals surface area contributed by atoms with Crippen molar-refractivity contribution in [3.63, 3.8) is 0 Å². The van der Waals surface area contributed by atoms with Gasteiger partial charge in [0.25, 0.3) is 0 Å². The molecule has 0 bridgehead atoms. The molecule has 1 atom stereocenters. The molecule has 0 amide bonds. The van der Waals surface area contributed by atoms with Crippen molar-refractivity contribution in [3.8, 4) is 0 Å². The van der Waals surface area contributed by atoms with Gasteiger partial charge in [-0.25, -0.2) is 14.0 Å². The van der Waals surface area contributed by atoms with Gasteiger partial charge in [-0.3, -0.25) is 0 Å². The first-order chi connectivity index (χ1) is 12.9. The molecule has 3 rings (SSSR count). The number of nitrogens with one attached hydrogen (secondary N) is 1. The first-order valence-electron chi connectivity index (χ1n) is 8.20. The number of halogens is 1. The van der Waals surface area contributed by atoms with Crippen LogP contribution in [-0.2, 0) is 19.1 Å². The van der Waals surface area contributed by atoms with E-state index in [1.54, 1.807) is 12.3 Å². The number of nitrogens with two attached hydrogens (primary N) is 1. The van der Waals surface area contributed by atoms with E-state index < -0.39 is 29.2 Å². The average Bonchev–Trinajstić information content (AvgIpc) is 3.10. The molecule has 0 radical (unpaired) electrons. The average molecular weight is 370 g/mol.